The first-order valence-corrected chi connectivity index (χ1v) is 7.15. The van der Waals surface area contributed by atoms with E-state index in [1.54, 1.807) is 0 Å². The lowest BCUT2D eigenvalue weighted by Crippen LogP contribution is -2.51. The summed E-state index contributed by atoms with van der Waals surface area (Å²) in [5, 5.41) is 3.10. The van der Waals surface area contributed by atoms with Gasteiger partial charge in [0, 0.05) is 13.6 Å². The van der Waals surface area contributed by atoms with Crippen LogP contribution in [0.3, 0.4) is 0 Å². The molecule has 1 fully saturated rings. The van der Waals surface area contributed by atoms with Gasteiger partial charge in [-0.1, -0.05) is 6.07 Å². The molecule has 0 radical (unpaired) electrons. The Bertz CT molecular complexity index is 429. The van der Waals surface area contributed by atoms with Gasteiger partial charge >= 0.3 is 0 Å². The van der Waals surface area contributed by atoms with Gasteiger partial charge in [-0.2, -0.15) is 0 Å². The summed E-state index contributed by atoms with van der Waals surface area (Å²) in [6.45, 7) is 2.11. The van der Waals surface area contributed by atoms with E-state index in [0.717, 1.165) is 26.4 Å². The lowest BCUT2D eigenvalue weighted by atomic mass is 9.78. The molecule has 0 aromatic heterocycles. The molecule has 16 heavy (non-hydrogen) atoms. The Morgan fingerprint density at radius 2 is 2.19 bits per heavy atom. The molecule has 0 saturated heterocycles. The Kier molecular flexibility index (Phi) is 3.59. The van der Waals surface area contributed by atoms with E-state index in [2.05, 4.69) is 50.8 Å². The number of carbonyl (C=O) groups excluding carboxylic acids is 1. The fourth-order valence-electron chi connectivity index (χ4n) is 1.85. The largest absolute Gasteiger partial charge is 0.347 e. The predicted octanol–water partition coefficient (Wildman–Crippen LogP) is 3.73. The van der Waals surface area contributed by atoms with Crippen LogP contribution in [0.5, 0.6) is 0 Å². The maximum atomic E-state index is 12.1. The molecule has 1 saturated carbocycles. The average Bonchev–Trinajstić information content (AvgIpc) is 2.19. The minimum atomic E-state index is 0.0117. The molecule has 2 rings (SSSR count). The van der Waals surface area contributed by atoms with Crippen molar-refractivity contribution >= 4 is 44.4 Å². The number of carbonyl (C=O) groups is 1. The minimum Gasteiger partial charge on any atom is -0.347 e. The molecular formula is C12H13BrINO. The Morgan fingerprint density at radius 1 is 1.50 bits per heavy atom. The van der Waals surface area contributed by atoms with Crippen molar-refractivity contribution in [1.29, 1.82) is 0 Å². The maximum absolute atomic E-state index is 12.1. The van der Waals surface area contributed by atoms with Gasteiger partial charge in [-0.3, -0.25) is 4.79 Å². The third-order valence-electron chi connectivity index (χ3n) is 3.07. The molecule has 0 unspecified atom stereocenters. The van der Waals surface area contributed by atoms with Crippen LogP contribution in [-0.4, -0.2) is 11.4 Å². The van der Waals surface area contributed by atoms with Gasteiger partial charge in [0.25, 0.3) is 5.91 Å². The van der Waals surface area contributed by atoms with Crippen LogP contribution in [-0.2, 0) is 0 Å². The van der Waals surface area contributed by atoms with Crippen molar-refractivity contribution in [2.45, 2.75) is 31.7 Å². The quantitative estimate of drug-likeness (QED) is 0.762. The Balaban J connectivity index is 2.17. The topological polar surface area (TPSA) is 29.1 Å². The van der Waals surface area contributed by atoms with E-state index in [1.165, 1.54) is 6.42 Å². The molecule has 1 aromatic rings. The van der Waals surface area contributed by atoms with Crippen LogP contribution in [0.2, 0.25) is 0 Å². The molecule has 0 heterocycles. The first-order chi connectivity index (χ1) is 7.52. The predicted molar refractivity (Wildman–Crippen MR) is 76.6 cm³/mol. The molecule has 1 aliphatic rings. The third kappa shape index (κ3) is 2.42. The van der Waals surface area contributed by atoms with Crippen molar-refractivity contribution < 1.29 is 4.79 Å². The first kappa shape index (κ1) is 12.4. The van der Waals surface area contributed by atoms with Crippen molar-refractivity contribution in [2.75, 3.05) is 0 Å². The summed E-state index contributed by atoms with van der Waals surface area (Å²) in [7, 11) is 0. The second kappa shape index (κ2) is 4.64. The highest BCUT2D eigenvalue weighted by Crippen LogP contribution is 2.32. The van der Waals surface area contributed by atoms with Crippen molar-refractivity contribution in [3.8, 4) is 0 Å². The smallest absolute Gasteiger partial charge is 0.252 e. The number of halogens is 2. The summed E-state index contributed by atoms with van der Waals surface area (Å²) in [5.41, 5.74) is 0.734. The van der Waals surface area contributed by atoms with Gasteiger partial charge in [0.05, 0.1) is 5.56 Å². The van der Waals surface area contributed by atoms with Gasteiger partial charge in [0.2, 0.25) is 0 Å². The second-order valence-corrected chi connectivity index (χ2v) is 6.42. The molecule has 0 spiro atoms. The van der Waals surface area contributed by atoms with Crippen LogP contribution in [0.4, 0.5) is 0 Å². The van der Waals surface area contributed by atoms with E-state index in [4.69, 9.17) is 0 Å². The molecule has 1 amide bonds. The zero-order valence-corrected chi connectivity index (χ0v) is 12.8. The van der Waals surface area contributed by atoms with Gasteiger partial charge in [-0.25, -0.2) is 0 Å². The maximum Gasteiger partial charge on any atom is 0.252 e. The van der Waals surface area contributed by atoms with Crippen molar-refractivity contribution in [1.82, 2.24) is 5.32 Å². The molecule has 2 nitrogen and oxygen atoms in total. The summed E-state index contributed by atoms with van der Waals surface area (Å²) >= 11 is 5.68. The van der Waals surface area contributed by atoms with Crippen LogP contribution in [0.25, 0.3) is 0 Å². The average molecular weight is 394 g/mol. The standard InChI is InChI=1S/C12H13BrINO/c1-12(6-3-7-12)15-11(16)8-4-2-5-9(14)10(8)13/h2,4-5H,3,6-7H2,1H3,(H,15,16). The monoisotopic (exact) mass is 393 g/mol. The SMILES string of the molecule is CC1(NC(=O)c2cccc(I)c2Br)CCC1. The highest BCUT2D eigenvalue weighted by atomic mass is 127. The van der Waals surface area contributed by atoms with Gasteiger partial charge in [0.1, 0.15) is 0 Å². The lowest BCUT2D eigenvalue weighted by Gasteiger charge is -2.39. The Hall–Kier alpha value is -0.100. The van der Waals surface area contributed by atoms with Crippen LogP contribution in [0.15, 0.2) is 22.7 Å². The van der Waals surface area contributed by atoms with Gasteiger partial charge < -0.3 is 5.32 Å². The van der Waals surface area contributed by atoms with Gasteiger partial charge in [-0.05, 0) is 76.8 Å². The Morgan fingerprint density at radius 3 is 2.75 bits per heavy atom. The summed E-state index contributed by atoms with van der Waals surface area (Å²) in [4.78, 5) is 12.1. The fraction of sp³-hybridized carbons (Fsp3) is 0.417. The lowest BCUT2D eigenvalue weighted by molar-refractivity contribution is 0.0849. The van der Waals surface area contributed by atoms with Crippen molar-refractivity contribution in [3.05, 3.63) is 31.8 Å². The highest BCUT2D eigenvalue weighted by Gasteiger charge is 2.33. The zero-order chi connectivity index (χ0) is 11.8. The number of rotatable bonds is 2. The van der Waals surface area contributed by atoms with Crippen molar-refractivity contribution in [2.24, 2.45) is 0 Å². The number of hydrogen-bond donors (Lipinski definition) is 1. The molecule has 0 aliphatic heterocycles. The zero-order valence-electron chi connectivity index (χ0n) is 9.02. The molecule has 86 valence electrons. The molecular weight excluding hydrogens is 381 g/mol. The van der Waals surface area contributed by atoms with E-state index < -0.39 is 0 Å². The van der Waals surface area contributed by atoms with E-state index in [9.17, 15) is 4.79 Å². The Labute approximate surface area is 117 Å². The summed E-state index contributed by atoms with van der Waals surface area (Å²) in [6, 6.07) is 5.74. The molecule has 0 atom stereocenters. The minimum absolute atomic E-state index is 0.0117. The molecule has 1 aliphatic carbocycles. The first-order valence-electron chi connectivity index (χ1n) is 5.28. The van der Waals surface area contributed by atoms with Gasteiger partial charge in [-0.15, -0.1) is 0 Å². The molecule has 1 N–H and O–H groups in total. The van der Waals surface area contributed by atoms with Crippen LogP contribution < -0.4 is 5.32 Å². The second-order valence-electron chi connectivity index (χ2n) is 4.47. The van der Waals surface area contributed by atoms with Crippen LogP contribution in [0, 0.1) is 3.57 Å². The van der Waals surface area contributed by atoms with Gasteiger partial charge in [0.15, 0.2) is 0 Å². The highest BCUT2D eigenvalue weighted by molar-refractivity contribution is 14.1. The molecule has 1 aromatic carbocycles. The van der Waals surface area contributed by atoms with E-state index in [-0.39, 0.29) is 11.4 Å². The molecule has 4 heteroatoms. The van der Waals surface area contributed by atoms with E-state index >= 15 is 0 Å². The third-order valence-corrected chi connectivity index (χ3v) is 5.56. The van der Waals surface area contributed by atoms with Crippen LogP contribution in [0.1, 0.15) is 36.5 Å². The molecule has 0 bridgehead atoms. The van der Waals surface area contributed by atoms with E-state index in [0.29, 0.717) is 0 Å². The number of hydrogen-bond acceptors (Lipinski definition) is 1. The van der Waals surface area contributed by atoms with Crippen LogP contribution >= 0.6 is 38.5 Å². The number of nitrogens with one attached hydrogen (secondary N) is 1. The summed E-state index contributed by atoms with van der Waals surface area (Å²) in [6.07, 6.45) is 3.38. The fourth-order valence-corrected chi connectivity index (χ4v) is 2.80. The summed E-state index contributed by atoms with van der Waals surface area (Å²) < 4.78 is 1.94. The normalized spacial score (nSPS) is 17.7. The van der Waals surface area contributed by atoms with Crippen molar-refractivity contribution in [3.63, 3.8) is 0 Å². The van der Waals surface area contributed by atoms with E-state index in [1.807, 2.05) is 18.2 Å². The summed E-state index contributed by atoms with van der Waals surface area (Å²) in [5.74, 6) is 0.0209. The number of amides is 1. The number of benzene rings is 1.